The predicted octanol–water partition coefficient (Wildman–Crippen LogP) is 3.89. The molecule has 0 bridgehead atoms. The summed E-state index contributed by atoms with van der Waals surface area (Å²) in [4.78, 5) is 10.4. The van der Waals surface area contributed by atoms with Crippen molar-refractivity contribution >= 4 is 12.4 Å². The molecule has 120 valence electrons. The van der Waals surface area contributed by atoms with Gasteiger partial charge in [0.05, 0.1) is 13.7 Å². The first kappa shape index (κ1) is 16.6. The van der Waals surface area contributed by atoms with Crippen LogP contribution in [-0.2, 0) is 11.4 Å². The Morgan fingerprint density at radius 3 is 2.43 bits per heavy atom. The van der Waals surface area contributed by atoms with Gasteiger partial charge in [-0.25, -0.2) is 0 Å². The van der Waals surface area contributed by atoms with Crippen LogP contribution in [0.3, 0.4) is 0 Å². The van der Waals surface area contributed by atoms with Crippen LogP contribution < -0.4 is 14.2 Å². The number of allylic oxidation sites excluding steroid dienone is 1. The number of aldehydes is 1. The summed E-state index contributed by atoms with van der Waals surface area (Å²) in [6, 6.07) is 13.3. The lowest BCUT2D eigenvalue weighted by Crippen LogP contribution is -1.98. The van der Waals surface area contributed by atoms with Crippen LogP contribution in [0, 0.1) is 0 Å². The lowest BCUT2D eigenvalue weighted by molar-refractivity contribution is -0.104. The molecular formula is C19H20O4. The molecular weight excluding hydrogens is 292 g/mol. The fourth-order valence-electron chi connectivity index (χ4n) is 2.07. The summed E-state index contributed by atoms with van der Waals surface area (Å²) in [7, 11) is 1.59. The van der Waals surface area contributed by atoms with Crippen molar-refractivity contribution < 1.29 is 19.0 Å². The van der Waals surface area contributed by atoms with Crippen LogP contribution in [0.1, 0.15) is 18.1 Å². The summed E-state index contributed by atoms with van der Waals surface area (Å²) in [5.41, 5.74) is 1.92. The van der Waals surface area contributed by atoms with Crippen molar-refractivity contribution in [2.24, 2.45) is 0 Å². The summed E-state index contributed by atoms with van der Waals surface area (Å²) in [6.07, 6.45) is 3.89. The van der Waals surface area contributed by atoms with Gasteiger partial charge < -0.3 is 14.2 Å². The number of hydrogen-bond donors (Lipinski definition) is 0. The SMILES string of the molecule is CCOc1ccc(COc2ccc(/C=C/C=O)cc2OC)cc1. The Balaban J connectivity index is 2.04. The third kappa shape index (κ3) is 4.88. The van der Waals surface area contributed by atoms with E-state index in [0.717, 1.165) is 23.2 Å². The van der Waals surface area contributed by atoms with Crippen molar-refractivity contribution in [1.82, 2.24) is 0 Å². The lowest BCUT2D eigenvalue weighted by atomic mass is 10.2. The molecule has 4 nitrogen and oxygen atoms in total. The normalized spacial score (nSPS) is 10.5. The highest BCUT2D eigenvalue weighted by atomic mass is 16.5. The van der Waals surface area contributed by atoms with E-state index in [2.05, 4.69) is 0 Å². The molecule has 0 atom stereocenters. The summed E-state index contributed by atoms with van der Waals surface area (Å²) in [6.45, 7) is 3.04. The summed E-state index contributed by atoms with van der Waals surface area (Å²) >= 11 is 0. The smallest absolute Gasteiger partial charge is 0.161 e. The van der Waals surface area contributed by atoms with Crippen LogP contribution in [0.15, 0.2) is 48.5 Å². The molecule has 23 heavy (non-hydrogen) atoms. The fourth-order valence-corrected chi connectivity index (χ4v) is 2.07. The van der Waals surface area contributed by atoms with Gasteiger partial charge in [0.25, 0.3) is 0 Å². The third-order valence-corrected chi connectivity index (χ3v) is 3.18. The van der Waals surface area contributed by atoms with Gasteiger partial charge in [-0.1, -0.05) is 24.3 Å². The molecule has 2 aromatic rings. The van der Waals surface area contributed by atoms with Gasteiger partial charge in [-0.15, -0.1) is 0 Å². The van der Waals surface area contributed by atoms with E-state index >= 15 is 0 Å². The van der Waals surface area contributed by atoms with E-state index in [1.165, 1.54) is 6.08 Å². The topological polar surface area (TPSA) is 44.8 Å². The van der Waals surface area contributed by atoms with E-state index in [1.54, 1.807) is 13.2 Å². The van der Waals surface area contributed by atoms with E-state index in [0.29, 0.717) is 24.7 Å². The third-order valence-electron chi connectivity index (χ3n) is 3.18. The number of carbonyl (C=O) groups excluding carboxylic acids is 1. The van der Waals surface area contributed by atoms with Crippen LogP contribution in [-0.4, -0.2) is 20.0 Å². The van der Waals surface area contributed by atoms with E-state index < -0.39 is 0 Å². The highest BCUT2D eigenvalue weighted by molar-refractivity contribution is 5.74. The van der Waals surface area contributed by atoms with Crippen LogP contribution in [0.25, 0.3) is 6.08 Å². The molecule has 0 aromatic heterocycles. The molecule has 0 aliphatic rings. The van der Waals surface area contributed by atoms with E-state index in [9.17, 15) is 4.79 Å². The Labute approximate surface area is 136 Å². The number of methoxy groups -OCH3 is 1. The van der Waals surface area contributed by atoms with Gasteiger partial charge in [0.1, 0.15) is 18.6 Å². The number of ether oxygens (including phenoxy) is 3. The molecule has 0 aliphatic heterocycles. The van der Waals surface area contributed by atoms with Crippen molar-refractivity contribution in [3.8, 4) is 17.2 Å². The van der Waals surface area contributed by atoms with E-state index in [1.807, 2.05) is 49.4 Å². The van der Waals surface area contributed by atoms with Crippen LogP contribution in [0.4, 0.5) is 0 Å². The van der Waals surface area contributed by atoms with Crippen LogP contribution >= 0.6 is 0 Å². The Hall–Kier alpha value is -2.75. The maximum Gasteiger partial charge on any atom is 0.161 e. The maximum atomic E-state index is 10.4. The number of hydrogen-bond acceptors (Lipinski definition) is 4. The molecule has 0 unspecified atom stereocenters. The average Bonchev–Trinajstić information content (AvgIpc) is 2.60. The highest BCUT2D eigenvalue weighted by Gasteiger charge is 2.05. The summed E-state index contributed by atoms with van der Waals surface area (Å²) in [5, 5.41) is 0. The zero-order valence-electron chi connectivity index (χ0n) is 13.3. The Kier molecular flexibility index (Phi) is 6.24. The van der Waals surface area contributed by atoms with Crippen LogP contribution in [0.2, 0.25) is 0 Å². The first-order valence-corrected chi connectivity index (χ1v) is 7.41. The molecule has 4 heteroatoms. The fraction of sp³-hybridized carbons (Fsp3) is 0.211. The molecule has 0 saturated carbocycles. The second-order valence-electron chi connectivity index (χ2n) is 4.77. The quantitative estimate of drug-likeness (QED) is 0.548. The second kappa shape index (κ2) is 8.63. The number of benzene rings is 2. The van der Waals surface area contributed by atoms with Gasteiger partial charge in [-0.3, -0.25) is 4.79 Å². The monoisotopic (exact) mass is 312 g/mol. The Bertz CT molecular complexity index is 660. The minimum absolute atomic E-state index is 0.437. The van der Waals surface area contributed by atoms with Gasteiger partial charge in [0.15, 0.2) is 11.5 Å². The molecule has 2 rings (SSSR count). The zero-order valence-corrected chi connectivity index (χ0v) is 13.3. The molecule has 0 amide bonds. The standard InChI is InChI=1S/C19H20O4/c1-3-22-17-9-6-16(7-10-17)14-23-18-11-8-15(5-4-12-20)13-19(18)21-2/h4-13H,3,14H2,1-2H3/b5-4+. The first-order chi connectivity index (χ1) is 11.3. The average molecular weight is 312 g/mol. The highest BCUT2D eigenvalue weighted by Crippen LogP contribution is 2.29. The molecule has 0 N–H and O–H groups in total. The van der Waals surface area contributed by atoms with Crippen molar-refractivity contribution in [3.05, 3.63) is 59.7 Å². The van der Waals surface area contributed by atoms with E-state index in [-0.39, 0.29) is 0 Å². The van der Waals surface area contributed by atoms with Gasteiger partial charge in [-0.05, 0) is 48.4 Å². The molecule has 0 radical (unpaired) electrons. The van der Waals surface area contributed by atoms with Crippen molar-refractivity contribution in [2.45, 2.75) is 13.5 Å². The number of rotatable bonds is 8. The van der Waals surface area contributed by atoms with Crippen molar-refractivity contribution in [1.29, 1.82) is 0 Å². The largest absolute Gasteiger partial charge is 0.494 e. The molecule has 0 fully saturated rings. The van der Waals surface area contributed by atoms with Gasteiger partial charge in [0, 0.05) is 0 Å². The first-order valence-electron chi connectivity index (χ1n) is 7.41. The maximum absolute atomic E-state index is 10.4. The van der Waals surface area contributed by atoms with Gasteiger partial charge >= 0.3 is 0 Å². The Morgan fingerprint density at radius 1 is 1.00 bits per heavy atom. The van der Waals surface area contributed by atoms with Crippen LogP contribution in [0.5, 0.6) is 17.2 Å². The second-order valence-corrected chi connectivity index (χ2v) is 4.77. The number of carbonyl (C=O) groups is 1. The predicted molar refractivity (Wildman–Crippen MR) is 90.0 cm³/mol. The summed E-state index contributed by atoms with van der Waals surface area (Å²) < 4.78 is 16.6. The molecule has 0 spiro atoms. The minimum Gasteiger partial charge on any atom is -0.494 e. The minimum atomic E-state index is 0.437. The lowest BCUT2D eigenvalue weighted by Gasteiger charge is -2.12. The zero-order chi connectivity index (χ0) is 16.5. The Morgan fingerprint density at radius 2 is 1.78 bits per heavy atom. The molecule has 0 saturated heterocycles. The van der Waals surface area contributed by atoms with Crippen molar-refractivity contribution in [3.63, 3.8) is 0 Å². The van der Waals surface area contributed by atoms with Crippen molar-refractivity contribution in [2.75, 3.05) is 13.7 Å². The van der Waals surface area contributed by atoms with Gasteiger partial charge in [0.2, 0.25) is 0 Å². The summed E-state index contributed by atoms with van der Waals surface area (Å²) in [5.74, 6) is 2.13. The molecule has 2 aromatic carbocycles. The van der Waals surface area contributed by atoms with Gasteiger partial charge in [-0.2, -0.15) is 0 Å². The molecule has 0 aliphatic carbocycles. The molecule has 0 heterocycles. The van der Waals surface area contributed by atoms with E-state index in [4.69, 9.17) is 14.2 Å².